The number of carbonyl (C=O) groups excluding carboxylic acids is 3. The molecule has 3 N–H and O–H groups in total. The molecule has 0 spiro atoms. The number of benzene rings is 2. The Labute approximate surface area is 333 Å². The van der Waals surface area contributed by atoms with Gasteiger partial charge in [-0.25, -0.2) is 0 Å². The van der Waals surface area contributed by atoms with Gasteiger partial charge in [0.05, 0.1) is 10.6 Å². The number of nitrogens with one attached hydrogen (secondary N) is 3. The standard InChI is InChI=1S/C42H40ClN9O3S/c1-23-35(56-42-37(23)38(28-8-10-29(43)11-9-28)46-24(2)39-49-48-25(3)52(39)42)15-13-30-12-7-26(17-44-30)19-50-20-27(21-50)18-45-33-6-4-5-31-32(33)22-51(41(31)55)34-14-16-36(53)47-40(34)54/h4-12,17,24,27,30,34,44-45H,14,16,18-22H2,1-3H3,(H,47,53,54)/t24-,30?,34?/m0/s1. The summed E-state index contributed by atoms with van der Waals surface area (Å²) in [5.74, 6) is 8.17. The van der Waals surface area contributed by atoms with Gasteiger partial charge in [-0.15, -0.1) is 21.5 Å². The third-order valence-corrected chi connectivity index (χ3v) is 12.6. The number of halogens is 1. The summed E-state index contributed by atoms with van der Waals surface area (Å²) in [5.41, 5.74) is 7.69. The van der Waals surface area contributed by atoms with Crippen molar-refractivity contribution in [3.63, 3.8) is 0 Å². The van der Waals surface area contributed by atoms with E-state index in [1.807, 2.05) is 56.3 Å². The summed E-state index contributed by atoms with van der Waals surface area (Å²) in [6.45, 7) is 10.1. The number of thiophene rings is 1. The van der Waals surface area contributed by atoms with E-state index < -0.39 is 11.9 Å². The Bertz CT molecular complexity index is 2450. The molecular formula is C42H40ClN9O3S. The van der Waals surface area contributed by atoms with E-state index in [1.54, 1.807) is 16.2 Å². The molecule has 2 aromatic carbocycles. The first kappa shape index (κ1) is 36.1. The molecule has 2 aromatic heterocycles. The van der Waals surface area contributed by atoms with Crippen molar-refractivity contribution in [1.29, 1.82) is 0 Å². The Morgan fingerprint density at radius 1 is 1.07 bits per heavy atom. The number of carbonyl (C=O) groups is 3. The predicted octanol–water partition coefficient (Wildman–Crippen LogP) is 5.08. The van der Waals surface area contributed by atoms with Gasteiger partial charge >= 0.3 is 0 Å². The van der Waals surface area contributed by atoms with Crippen molar-refractivity contribution >= 4 is 52.1 Å². The molecule has 5 aliphatic heterocycles. The number of hydrogen-bond donors (Lipinski definition) is 3. The van der Waals surface area contributed by atoms with Crippen LogP contribution >= 0.6 is 22.9 Å². The minimum atomic E-state index is -0.621. The van der Waals surface area contributed by atoms with Gasteiger partial charge in [0, 0.05) is 84.2 Å². The monoisotopic (exact) mass is 785 g/mol. The van der Waals surface area contributed by atoms with Gasteiger partial charge in [0.25, 0.3) is 5.91 Å². The highest BCUT2D eigenvalue weighted by Gasteiger charge is 2.40. The lowest BCUT2D eigenvalue weighted by atomic mass is 9.98. The molecular weight excluding hydrogens is 746 g/mol. The number of nitrogens with zero attached hydrogens (tertiary/aromatic N) is 6. The number of hydrogen-bond acceptors (Lipinski definition) is 10. The molecule has 284 valence electrons. The maximum absolute atomic E-state index is 13.2. The highest BCUT2D eigenvalue weighted by Crippen LogP contribution is 2.39. The Balaban J connectivity index is 0.809. The van der Waals surface area contributed by atoms with Crippen LogP contribution in [0.3, 0.4) is 0 Å². The highest BCUT2D eigenvalue weighted by atomic mass is 35.5. The first-order valence-electron chi connectivity index (χ1n) is 18.9. The number of rotatable bonds is 7. The average molecular weight is 786 g/mol. The predicted molar refractivity (Wildman–Crippen MR) is 216 cm³/mol. The van der Waals surface area contributed by atoms with Crippen molar-refractivity contribution in [2.24, 2.45) is 10.9 Å². The molecule has 0 aliphatic carbocycles. The lowest BCUT2D eigenvalue weighted by Gasteiger charge is -2.40. The van der Waals surface area contributed by atoms with E-state index in [1.165, 1.54) is 5.57 Å². The summed E-state index contributed by atoms with van der Waals surface area (Å²) in [4.78, 5) is 47.5. The second kappa shape index (κ2) is 14.5. The van der Waals surface area contributed by atoms with Crippen LogP contribution in [0.2, 0.25) is 5.02 Å². The fourth-order valence-electron chi connectivity index (χ4n) is 8.15. The summed E-state index contributed by atoms with van der Waals surface area (Å²) in [6, 6.07) is 12.6. The van der Waals surface area contributed by atoms with Crippen LogP contribution in [0.5, 0.6) is 0 Å². The van der Waals surface area contributed by atoms with E-state index >= 15 is 0 Å². The molecule has 5 aliphatic rings. The number of amides is 3. The van der Waals surface area contributed by atoms with Crippen molar-refractivity contribution in [1.82, 2.24) is 35.2 Å². The largest absolute Gasteiger partial charge is 0.384 e. The van der Waals surface area contributed by atoms with E-state index in [0.717, 1.165) is 81.4 Å². The van der Waals surface area contributed by atoms with Gasteiger partial charge in [-0.05, 0) is 68.7 Å². The molecule has 12 nitrogen and oxygen atoms in total. The number of aryl methyl sites for hydroxylation is 1. The minimum absolute atomic E-state index is 0.115. The number of aromatic nitrogens is 3. The minimum Gasteiger partial charge on any atom is -0.384 e. The molecule has 3 atom stereocenters. The zero-order chi connectivity index (χ0) is 38.7. The normalized spacial score (nSPS) is 21.8. The average Bonchev–Trinajstić information content (AvgIpc) is 3.80. The zero-order valence-corrected chi connectivity index (χ0v) is 32.8. The van der Waals surface area contributed by atoms with Crippen LogP contribution in [-0.2, 0) is 16.1 Å². The van der Waals surface area contributed by atoms with Crippen LogP contribution in [0.1, 0.15) is 74.9 Å². The third-order valence-electron chi connectivity index (χ3n) is 11.1. The lowest BCUT2D eigenvalue weighted by Crippen LogP contribution is -2.52. The van der Waals surface area contributed by atoms with Crippen LogP contribution in [-0.4, -0.2) is 86.3 Å². The van der Waals surface area contributed by atoms with Crippen LogP contribution in [0.15, 0.2) is 71.4 Å². The van der Waals surface area contributed by atoms with E-state index in [-0.39, 0.29) is 30.3 Å². The van der Waals surface area contributed by atoms with Crippen molar-refractivity contribution < 1.29 is 14.4 Å². The number of aliphatic imine (C=N–C) groups is 1. The number of piperidine rings is 1. The third kappa shape index (κ3) is 6.61. The van der Waals surface area contributed by atoms with E-state index in [4.69, 9.17) is 16.6 Å². The van der Waals surface area contributed by atoms with Gasteiger partial charge in [0.1, 0.15) is 29.0 Å². The molecule has 56 heavy (non-hydrogen) atoms. The van der Waals surface area contributed by atoms with Crippen molar-refractivity contribution in [3.8, 4) is 16.8 Å². The number of fused-ring (bicyclic) bond motifs is 4. The molecule has 2 unspecified atom stereocenters. The van der Waals surface area contributed by atoms with Crippen molar-refractivity contribution in [2.75, 3.05) is 31.5 Å². The molecule has 0 radical (unpaired) electrons. The lowest BCUT2D eigenvalue weighted by molar-refractivity contribution is -0.136. The highest BCUT2D eigenvalue weighted by molar-refractivity contribution is 7.15. The second-order valence-corrected chi connectivity index (χ2v) is 16.4. The molecule has 9 rings (SSSR count). The Morgan fingerprint density at radius 2 is 1.89 bits per heavy atom. The van der Waals surface area contributed by atoms with Crippen LogP contribution in [0.25, 0.3) is 5.00 Å². The van der Waals surface area contributed by atoms with E-state index in [0.29, 0.717) is 29.5 Å². The maximum Gasteiger partial charge on any atom is 0.255 e. The number of imide groups is 1. The van der Waals surface area contributed by atoms with Gasteiger partial charge in [0.15, 0.2) is 5.82 Å². The topological polar surface area (TPSA) is 137 Å². The second-order valence-electron chi connectivity index (χ2n) is 15.0. The Morgan fingerprint density at radius 3 is 2.66 bits per heavy atom. The fraction of sp³-hybridized carbons (Fsp3) is 0.333. The van der Waals surface area contributed by atoms with Crippen LogP contribution in [0, 0.1) is 31.6 Å². The van der Waals surface area contributed by atoms with Gasteiger partial charge in [-0.1, -0.05) is 47.7 Å². The molecule has 2 saturated heterocycles. The Hall–Kier alpha value is -5.55. The summed E-state index contributed by atoms with van der Waals surface area (Å²) in [7, 11) is 0. The quantitative estimate of drug-likeness (QED) is 0.175. The first-order chi connectivity index (χ1) is 27.1. The Kier molecular flexibility index (Phi) is 9.35. The maximum atomic E-state index is 13.2. The smallest absolute Gasteiger partial charge is 0.255 e. The van der Waals surface area contributed by atoms with Crippen molar-refractivity contribution in [3.05, 3.63) is 116 Å². The van der Waals surface area contributed by atoms with Gasteiger partial charge < -0.3 is 15.5 Å². The van der Waals surface area contributed by atoms with Crippen LogP contribution in [0.4, 0.5) is 5.69 Å². The van der Waals surface area contributed by atoms with Crippen LogP contribution < -0.4 is 16.0 Å². The van der Waals surface area contributed by atoms with Gasteiger partial charge in [0.2, 0.25) is 11.8 Å². The number of dihydropyridines is 1. The van der Waals surface area contributed by atoms with Crippen molar-refractivity contribution in [2.45, 2.75) is 58.3 Å². The number of likely N-dealkylation sites (tertiary alicyclic amines) is 1. The number of anilines is 1. The molecule has 3 amide bonds. The molecule has 4 aromatic rings. The molecule has 7 heterocycles. The molecule has 0 bridgehead atoms. The summed E-state index contributed by atoms with van der Waals surface area (Å²) in [5, 5.41) is 20.0. The van der Waals surface area contributed by atoms with E-state index in [9.17, 15) is 14.4 Å². The molecule has 2 fully saturated rings. The summed E-state index contributed by atoms with van der Waals surface area (Å²) >= 11 is 7.89. The van der Waals surface area contributed by atoms with Gasteiger partial charge in [-0.3, -0.25) is 34.2 Å². The fourth-order valence-corrected chi connectivity index (χ4v) is 9.50. The zero-order valence-electron chi connectivity index (χ0n) is 31.2. The SMILES string of the molecule is Cc1c(C#CC2C=CC(CN3CC(CNc4cccc5c4CN(C4CCC(=O)NC4=O)C5=O)C3)=CN2)sc2c1C(c1ccc(Cl)cc1)=N[C@@H](C)c1nnc(C)n1-2. The summed E-state index contributed by atoms with van der Waals surface area (Å²) in [6.07, 6.45) is 6.94. The summed E-state index contributed by atoms with van der Waals surface area (Å²) < 4.78 is 2.12. The van der Waals surface area contributed by atoms with E-state index in [2.05, 4.69) is 72.7 Å². The van der Waals surface area contributed by atoms with Gasteiger partial charge in [-0.2, -0.15) is 0 Å². The molecule has 14 heteroatoms. The first-order valence-corrected chi connectivity index (χ1v) is 20.1. The molecule has 0 saturated carbocycles.